The first kappa shape index (κ1) is 49.2. The van der Waals surface area contributed by atoms with E-state index in [1.54, 1.807) is 6.08 Å². The fourth-order valence-electron chi connectivity index (χ4n) is 5.14. The fraction of sp³-hybridized carbons (Fsp3) is 0.738. The van der Waals surface area contributed by atoms with Gasteiger partial charge in [0.05, 0.1) is 39.9 Å². The molecule has 0 rings (SSSR count). The Labute approximate surface area is 313 Å². The van der Waals surface area contributed by atoms with Gasteiger partial charge >= 0.3 is 0 Å². The lowest BCUT2D eigenvalue weighted by Crippen LogP contribution is -2.45. The van der Waals surface area contributed by atoms with E-state index in [0.717, 1.165) is 70.6 Å². The Morgan fingerprint density at radius 1 is 0.686 bits per heavy atom. The molecule has 3 unspecified atom stereocenters. The molecule has 0 aromatic heterocycles. The van der Waals surface area contributed by atoms with Crippen molar-refractivity contribution in [3.05, 3.63) is 60.8 Å². The molecular weight excluding hydrogens is 659 g/mol. The van der Waals surface area contributed by atoms with Gasteiger partial charge in [0.25, 0.3) is 7.82 Å². The summed E-state index contributed by atoms with van der Waals surface area (Å²) < 4.78 is 23.1. The Hall–Kier alpha value is -1.80. The first-order valence-corrected chi connectivity index (χ1v) is 21.6. The molecule has 51 heavy (non-hydrogen) atoms. The molecule has 9 heteroatoms. The second kappa shape index (κ2) is 34.0. The Kier molecular flexibility index (Phi) is 32.8. The van der Waals surface area contributed by atoms with Gasteiger partial charge < -0.3 is 28.8 Å². The predicted octanol–water partition coefficient (Wildman–Crippen LogP) is 10.1. The summed E-state index contributed by atoms with van der Waals surface area (Å²) in [5.41, 5.74) is 0. The van der Waals surface area contributed by atoms with Crippen LogP contribution in [0.25, 0.3) is 0 Å². The van der Waals surface area contributed by atoms with Gasteiger partial charge in [0, 0.05) is 6.42 Å². The number of nitrogens with zero attached hydrogens (tertiary/aromatic N) is 1. The summed E-state index contributed by atoms with van der Waals surface area (Å²) in [5.74, 6) is -0.230. The number of amides is 1. The number of hydrogen-bond acceptors (Lipinski definition) is 6. The third-order valence-electron chi connectivity index (χ3n) is 8.43. The van der Waals surface area contributed by atoms with Crippen LogP contribution in [0.3, 0.4) is 0 Å². The van der Waals surface area contributed by atoms with E-state index in [1.165, 1.54) is 57.8 Å². The Morgan fingerprint density at radius 2 is 1.18 bits per heavy atom. The molecule has 0 aromatic carbocycles. The summed E-state index contributed by atoms with van der Waals surface area (Å²) >= 11 is 0. The minimum atomic E-state index is -4.60. The summed E-state index contributed by atoms with van der Waals surface area (Å²) in [6, 6.07) is -0.916. The summed E-state index contributed by atoms with van der Waals surface area (Å²) in [6.07, 6.45) is 42.6. The van der Waals surface area contributed by atoms with Gasteiger partial charge in [-0.3, -0.25) is 9.36 Å². The number of allylic oxidation sites excluding steroid dienone is 9. The maximum Gasteiger partial charge on any atom is 0.268 e. The minimum Gasteiger partial charge on any atom is -0.756 e. The number of aliphatic hydroxyl groups is 1. The van der Waals surface area contributed by atoms with Crippen molar-refractivity contribution in [1.82, 2.24) is 5.32 Å². The number of carbonyl (C=O) groups excluding carboxylic acids is 1. The van der Waals surface area contributed by atoms with Gasteiger partial charge in [-0.1, -0.05) is 132 Å². The van der Waals surface area contributed by atoms with Crippen LogP contribution in [-0.2, 0) is 18.4 Å². The molecule has 0 aliphatic rings. The third-order valence-corrected chi connectivity index (χ3v) is 9.39. The van der Waals surface area contributed by atoms with Crippen LogP contribution in [0.4, 0.5) is 0 Å². The smallest absolute Gasteiger partial charge is 0.268 e. The maximum atomic E-state index is 12.8. The van der Waals surface area contributed by atoms with Gasteiger partial charge in [0.1, 0.15) is 13.2 Å². The standard InChI is InChI=1S/C42H77N2O6P/c1-6-8-10-12-14-16-18-20-22-23-25-27-29-31-33-35-41(45)40(39-50-51(47,48)49-38-37-44(3,4)5)43-42(46)36-34-32-30-28-26-24-21-19-17-15-13-11-9-7-2/h13,15,18-21,25,27,33,35,40-41,45H,6-12,14,16-17,22-24,26,28-32,34,36-39H2,1-5H3,(H-,43,46,47,48)/b15-13-,20-18+,21-19-,27-25+,35-33+. The van der Waals surface area contributed by atoms with E-state index in [9.17, 15) is 19.4 Å². The largest absolute Gasteiger partial charge is 0.756 e. The maximum absolute atomic E-state index is 12.8. The lowest BCUT2D eigenvalue weighted by molar-refractivity contribution is -0.870. The van der Waals surface area contributed by atoms with Gasteiger partial charge in [-0.05, 0) is 70.6 Å². The monoisotopic (exact) mass is 737 g/mol. The van der Waals surface area contributed by atoms with Crippen molar-refractivity contribution >= 4 is 13.7 Å². The van der Waals surface area contributed by atoms with E-state index in [-0.39, 0.29) is 12.5 Å². The summed E-state index contributed by atoms with van der Waals surface area (Å²) in [6.45, 7) is 4.51. The number of nitrogens with one attached hydrogen (secondary N) is 1. The molecule has 0 saturated carbocycles. The van der Waals surface area contributed by atoms with E-state index < -0.39 is 26.6 Å². The SMILES string of the molecule is CCCC/C=C\C/C=C\CCCCCCCC(=O)NC(COP(=O)([O-])OCC[N+](C)(C)C)C(O)/C=C/CC/C=C/CC/C=C/CCCCCCC. The first-order chi connectivity index (χ1) is 24.5. The molecular formula is C42H77N2O6P. The number of carbonyl (C=O) groups is 1. The molecule has 0 fully saturated rings. The number of hydrogen-bond donors (Lipinski definition) is 2. The van der Waals surface area contributed by atoms with Crippen LogP contribution in [0, 0.1) is 0 Å². The van der Waals surface area contributed by atoms with Crippen molar-refractivity contribution in [3.63, 3.8) is 0 Å². The molecule has 296 valence electrons. The van der Waals surface area contributed by atoms with Crippen molar-refractivity contribution in [2.24, 2.45) is 0 Å². The van der Waals surface area contributed by atoms with Gasteiger partial charge in [-0.25, -0.2) is 0 Å². The van der Waals surface area contributed by atoms with Crippen LogP contribution in [0.5, 0.6) is 0 Å². The Balaban J connectivity index is 4.63. The summed E-state index contributed by atoms with van der Waals surface area (Å²) in [4.78, 5) is 25.2. The number of rotatable bonds is 35. The highest BCUT2D eigenvalue weighted by Gasteiger charge is 2.23. The highest BCUT2D eigenvalue weighted by atomic mass is 31.2. The van der Waals surface area contributed by atoms with Crippen molar-refractivity contribution in [2.75, 3.05) is 40.9 Å². The number of likely N-dealkylation sites (N-methyl/N-ethyl adjacent to an activating group) is 1. The average Bonchev–Trinajstić information content (AvgIpc) is 3.07. The Morgan fingerprint density at radius 3 is 1.76 bits per heavy atom. The van der Waals surface area contributed by atoms with Crippen LogP contribution in [0.1, 0.15) is 149 Å². The van der Waals surface area contributed by atoms with Gasteiger partial charge in [-0.2, -0.15) is 0 Å². The van der Waals surface area contributed by atoms with Crippen LogP contribution < -0.4 is 10.2 Å². The van der Waals surface area contributed by atoms with Crippen LogP contribution in [0.2, 0.25) is 0 Å². The molecule has 0 aromatic rings. The first-order valence-electron chi connectivity index (χ1n) is 20.2. The van der Waals surface area contributed by atoms with Crippen LogP contribution in [-0.4, -0.2) is 68.5 Å². The van der Waals surface area contributed by atoms with E-state index in [2.05, 4.69) is 67.8 Å². The fourth-order valence-corrected chi connectivity index (χ4v) is 5.86. The molecule has 1 amide bonds. The molecule has 8 nitrogen and oxygen atoms in total. The van der Waals surface area contributed by atoms with Gasteiger partial charge in [-0.15, -0.1) is 0 Å². The van der Waals surface area contributed by atoms with E-state index in [0.29, 0.717) is 17.4 Å². The van der Waals surface area contributed by atoms with E-state index in [4.69, 9.17) is 9.05 Å². The van der Waals surface area contributed by atoms with Crippen LogP contribution >= 0.6 is 7.82 Å². The molecule has 0 saturated heterocycles. The molecule has 3 atom stereocenters. The molecule has 0 bridgehead atoms. The number of quaternary nitrogens is 1. The second-order valence-electron chi connectivity index (χ2n) is 14.6. The van der Waals surface area contributed by atoms with Crippen molar-refractivity contribution in [2.45, 2.75) is 161 Å². The molecule has 0 aliphatic heterocycles. The lowest BCUT2D eigenvalue weighted by Gasteiger charge is -2.29. The highest BCUT2D eigenvalue weighted by Crippen LogP contribution is 2.38. The zero-order valence-corrected chi connectivity index (χ0v) is 34.2. The number of phosphoric acid groups is 1. The lowest BCUT2D eigenvalue weighted by atomic mass is 10.1. The highest BCUT2D eigenvalue weighted by molar-refractivity contribution is 7.45. The molecule has 0 aliphatic carbocycles. The zero-order chi connectivity index (χ0) is 37.9. The van der Waals surface area contributed by atoms with Crippen LogP contribution in [0.15, 0.2) is 60.8 Å². The predicted molar refractivity (Wildman–Crippen MR) is 214 cm³/mol. The van der Waals surface area contributed by atoms with E-state index in [1.807, 2.05) is 27.2 Å². The molecule has 0 spiro atoms. The average molecular weight is 737 g/mol. The van der Waals surface area contributed by atoms with Crippen molar-refractivity contribution in [3.8, 4) is 0 Å². The second-order valence-corrected chi connectivity index (χ2v) is 16.0. The van der Waals surface area contributed by atoms with Crippen molar-refractivity contribution in [1.29, 1.82) is 0 Å². The zero-order valence-electron chi connectivity index (χ0n) is 33.3. The molecule has 0 radical (unpaired) electrons. The molecule has 0 heterocycles. The van der Waals surface area contributed by atoms with Gasteiger partial charge in [0.2, 0.25) is 5.91 Å². The minimum absolute atomic E-state index is 0.0144. The number of aliphatic hydroxyl groups excluding tert-OH is 1. The topological polar surface area (TPSA) is 108 Å². The Bertz CT molecular complexity index is 1020. The molecule has 2 N–H and O–H groups in total. The summed E-state index contributed by atoms with van der Waals surface area (Å²) in [7, 11) is 1.21. The van der Waals surface area contributed by atoms with Gasteiger partial charge in [0.15, 0.2) is 0 Å². The number of phosphoric ester groups is 1. The number of unbranched alkanes of at least 4 members (excludes halogenated alkanes) is 14. The quantitative estimate of drug-likeness (QED) is 0.0290. The summed E-state index contributed by atoms with van der Waals surface area (Å²) in [5, 5.41) is 13.7. The van der Waals surface area contributed by atoms with E-state index >= 15 is 0 Å². The third kappa shape index (κ3) is 36.4. The normalized spacial score (nSPS) is 15.2. The van der Waals surface area contributed by atoms with Crippen molar-refractivity contribution < 1.29 is 32.9 Å².